The summed E-state index contributed by atoms with van der Waals surface area (Å²) >= 11 is 0. The van der Waals surface area contributed by atoms with Gasteiger partial charge in [-0.15, -0.1) is 0 Å². The van der Waals surface area contributed by atoms with Crippen molar-refractivity contribution in [3.8, 4) is 5.75 Å². The number of hydrogen-bond donors (Lipinski definition) is 2. The second-order valence-corrected chi connectivity index (χ2v) is 9.73. The van der Waals surface area contributed by atoms with Crippen molar-refractivity contribution in [1.29, 1.82) is 0 Å². The number of furan rings is 1. The van der Waals surface area contributed by atoms with Crippen LogP contribution in [0.15, 0.2) is 53.4 Å². The van der Waals surface area contributed by atoms with E-state index in [-0.39, 0.29) is 17.4 Å². The van der Waals surface area contributed by atoms with Crippen molar-refractivity contribution in [2.45, 2.75) is 50.0 Å². The summed E-state index contributed by atoms with van der Waals surface area (Å²) < 4.78 is 5.06. The Kier molecular flexibility index (Phi) is 5.61. The molecule has 1 aliphatic heterocycles. The third kappa shape index (κ3) is 4.57. The van der Waals surface area contributed by atoms with Crippen LogP contribution in [0.5, 0.6) is 5.75 Å². The van der Waals surface area contributed by atoms with Gasteiger partial charge in [-0.1, -0.05) is 12.1 Å². The number of nitrogens with zero attached hydrogens (tertiary/aromatic N) is 1. The average molecular weight is 421 g/mol. The molecule has 164 valence electrons. The van der Waals surface area contributed by atoms with Gasteiger partial charge in [-0.3, -0.25) is 4.79 Å². The number of aromatic hydroxyl groups is 1. The molecular formula is C26H32N2O3. The Morgan fingerprint density at radius 2 is 2.16 bits per heavy atom. The number of fused-ring (bicyclic) bond motifs is 1. The molecule has 1 aromatic heterocycles. The van der Waals surface area contributed by atoms with Crippen LogP contribution in [-0.4, -0.2) is 41.6 Å². The van der Waals surface area contributed by atoms with E-state index in [1.54, 1.807) is 30.7 Å². The van der Waals surface area contributed by atoms with Gasteiger partial charge in [0.15, 0.2) is 0 Å². The third-order valence-corrected chi connectivity index (χ3v) is 7.56. The summed E-state index contributed by atoms with van der Waals surface area (Å²) in [6.45, 7) is 3.47. The van der Waals surface area contributed by atoms with E-state index in [1.807, 2.05) is 18.2 Å². The van der Waals surface area contributed by atoms with Gasteiger partial charge in [-0.2, -0.15) is 0 Å². The number of benzene rings is 1. The second kappa shape index (κ2) is 8.54. The minimum atomic E-state index is -0.0538. The van der Waals surface area contributed by atoms with Gasteiger partial charge < -0.3 is 19.7 Å². The molecule has 2 aliphatic carbocycles. The van der Waals surface area contributed by atoms with Gasteiger partial charge in [0, 0.05) is 36.2 Å². The number of phenolic OH excluding ortho intramolecular Hbond substituents is 1. The lowest BCUT2D eigenvalue weighted by Gasteiger charge is -2.53. The summed E-state index contributed by atoms with van der Waals surface area (Å²) in [7, 11) is 0. The normalized spacial score (nSPS) is 29.0. The Balaban J connectivity index is 1.32. The molecule has 5 rings (SSSR count). The molecule has 0 radical (unpaired) electrons. The molecule has 31 heavy (non-hydrogen) atoms. The Hall–Kier alpha value is -2.53. The topological polar surface area (TPSA) is 65.7 Å². The zero-order valence-electron chi connectivity index (χ0n) is 18.0. The quantitative estimate of drug-likeness (QED) is 0.683. The second-order valence-electron chi connectivity index (χ2n) is 9.73. The minimum Gasteiger partial charge on any atom is -0.508 e. The number of hydrogen-bond acceptors (Lipinski definition) is 4. The third-order valence-electron chi connectivity index (χ3n) is 7.56. The highest BCUT2D eigenvalue weighted by Crippen LogP contribution is 2.50. The number of piperidine rings is 1. The lowest BCUT2D eigenvalue weighted by molar-refractivity contribution is -0.117. The summed E-state index contributed by atoms with van der Waals surface area (Å²) in [5.74, 6) is 1.75. The van der Waals surface area contributed by atoms with Crippen LogP contribution in [0.3, 0.4) is 0 Å². The fourth-order valence-corrected chi connectivity index (χ4v) is 5.78. The lowest BCUT2D eigenvalue weighted by Crippen LogP contribution is -2.56. The molecule has 2 heterocycles. The van der Waals surface area contributed by atoms with Crippen molar-refractivity contribution in [2.24, 2.45) is 11.8 Å². The molecule has 2 saturated carbocycles. The van der Waals surface area contributed by atoms with Crippen LogP contribution < -0.4 is 5.32 Å². The SMILES string of the molecule is O=C(/C=C/c1ccoc1)N[C@@H]1CC[C@@H]2CN(CC3CC3)CC[C@@]2(c2cccc(O)c2)C1. The van der Waals surface area contributed by atoms with E-state index in [2.05, 4.69) is 16.3 Å². The Bertz CT molecular complexity index is 934. The molecule has 0 unspecified atom stereocenters. The number of phenols is 1. The minimum absolute atomic E-state index is 0.0171. The summed E-state index contributed by atoms with van der Waals surface area (Å²) in [5.41, 5.74) is 2.14. The van der Waals surface area contributed by atoms with E-state index < -0.39 is 0 Å². The molecule has 2 N–H and O–H groups in total. The maximum atomic E-state index is 12.6. The average Bonchev–Trinajstić information content (AvgIpc) is 3.42. The molecule has 3 atom stereocenters. The van der Waals surface area contributed by atoms with E-state index in [4.69, 9.17) is 4.42 Å². The first-order valence-electron chi connectivity index (χ1n) is 11.6. The molecule has 1 aromatic carbocycles. The van der Waals surface area contributed by atoms with Gasteiger partial charge in [-0.25, -0.2) is 0 Å². The van der Waals surface area contributed by atoms with Crippen molar-refractivity contribution < 1.29 is 14.3 Å². The van der Waals surface area contributed by atoms with Gasteiger partial charge in [0.05, 0.1) is 12.5 Å². The Labute approximate surface area is 184 Å². The fourth-order valence-electron chi connectivity index (χ4n) is 5.78. The highest BCUT2D eigenvalue weighted by molar-refractivity contribution is 5.91. The fraction of sp³-hybridized carbons (Fsp3) is 0.500. The van der Waals surface area contributed by atoms with E-state index in [0.717, 1.165) is 50.3 Å². The maximum absolute atomic E-state index is 12.6. The Morgan fingerprint density at radius 3 is 2.94 bits per heavy atom. The molecule has 3 aliphatic rings. The van der Waals surface area contributed by atoms with Gasteiger partial charge in [0.1, 0.15) is 5.75 Å². The van der Waals surface area contributed by atoms with Crippen molar-refractivity contribution in [3.05, 3.63) is 60.1 Å². The van der Waals surface area contributed by atoms with Gasteiger partial charge in [0.25, 0.3) is 0 Å². The number of nitrogens with one attached hydrogen (secondary N) is 1. The predicted octanol–water partition coefficient (Wildman–Crippen LogP) is 4.34. The zero-order valence-corrected chi connectivity index (χ0v) is 18.0. The van der Waals surface area contributed by atoms with Crippen LogP contribution in [0.2, 0.25) is 0 Å². The molecular weight excluding hydrogens is 388 g/mol. The molecule has 5 nitrogen and oxygen atoms in total. The predicted molar refractivity (Wildman–Crippen MR) is 121 cm³/mol. The molecule has 3 fully saturated rings. The van der Waals surface area contributed by atoms with Crippen molar-refractivity contribution in [2.75, 3.05) is 19.6 Å². The van der Waals surface area contributed by atoms with Crippen LogP contribution in [0.1, 0.15) is 49.7 Å². The van der Waals surface area contributed by atoms with Crippen molar-refractivity contribution >= 4 is 12.0 Å². The number of carbonyl (C=O) groups excluding carboxylic acids is 1. The van der Waals surface area contributed by atoms with E-state index in [1.165, 1.54) is 24.9 Å². The highest BCUT2D eigenvalue weighted by Gasteiger charge is 2.48. The highest BCUT2D eigenvalue weighted by atomic mass is 16.3. The summed E-state index contributed by atoms with van der Waals surface area (Å²) in [5, 5.41) is 13.4. The first-order valence-corrected chi connectivity index (χ1v) is 11.6. The van der Waals surface area contributed by atoms with Gasteiger partial charge >= 0.3 is 0 Å². The number of carbonyl (C=O) groups is 1. The van der Waals surface area contributed by atoms with E-state index in [0.29, 0.717) is 11.7 Å². The van der Waals surface area contributed by atoms with Crippen LogP contribution in [0, 0.1) is 11.8 Å². The molecule has 0 spiro atoms. The molecule has 1 saturated heterocycles. The van der Waals surface area contributed by atoms with Crippen molar-refractivity contribution in [1.82, 2.24) is 10.2 Å². The smallest absolute Gasteiger partial charge is 0.244 e. The standard InChI is InChI=1S/C26H32N2O3/c29-24-3-1-2-21(14-24)26-11-12-28(16-19-4-5-19)17-22(26)7-8-23(15-26)27-25(30)9-6-20-10-13-31-18-20/h1-3,6,9-10,13-14,18-19,22-23,29H,4-5,7-8,11-12,15-17H2,(H,27,30)/b9-6+/t22-,23-,26+/m1/s1. The molecule has 5 heteroatoms. The monoisotopic (exact) mass is 420 g/mol. The largest absolute Gasteiger partial charge is 0.508 e. The van der Waals surface area contributed by atoms with Gasteiger partial charge in [0.2, 0.25) is 5.91 Å². The summed E-state index contributed by atoms with van der Waals surface area (Å²) in [4.78, 5) is 15.2. The van der Waals surface area contributed by atoms with Crippen LogP contribution in [0.4, 0.5) is 0 Å². The molecule has 1 amide bonds. The number of rotatable bonds is 6. The number of likely N-dealkylation sites (tertiary alicyclic amines) is 1. The van der Waals surface area contributed by atoms with Crippen LogP contribution in [-0.2, 0) is 10.2 Å². The van der Waals surface area contributed by atoms with Gasteiger partial charge in [-0.05, 0) is 86.7 Å². The summed E-state index contributed by atoms with van der Waals surface area (Å²) in [6, 6.07) is 9.82. The van der Waals surface area contributed by atoms with E-state index in [9.17, 15) is 9.90 Å². The first-order chi connectivity index (χ1) is 15.1. The first kappa shape index (κ1) is 20.4. The lowest BCUT2D eigenvalue weighted by atomic mass is 9.58. The van der Waals surface area contributed by atoms with Crippen LogP contribution >= 0.6 is 0 Å². The molecule has 2 aromatic rings. The summed E-state index contributed by atoms with van der Waals surface area (Å²) in [6.07, 6.45) is 13.5. The van der Waals surface area contributed by atoms with E-state index >= 15 is 0 Å². The molecule has 0 bridgehead atoms. The van der Waals surface area contributed by atoms with Crippen LogP contribution in [0.25, 0.3) is 6.08 Å². The maximum Gasteiger partial charge on any atom is 0.244 e. The zero-order chi connectivity index (χ0) is 21.3. The van der Waals surface area contributed by atoms with Crippen molar-refractivity contribution in [3.63, 3.8) is 0 Å². The number of amides is 1. The Morgan fingerprint density at radius 1 is 1.26 bits per heavy atom.